The topological polar surface area (TPSA) is 0 Å². The molecular formula is C12H22. The summed E-state index contributed by atoms with van der Waals surface area (Å²) < 4.78 is 0. The fourth-order valence-electron chi connectivity index (χ4n) is 2.66. The van der Waals surface area contributed by atoms with Gasteiger partial charge in [-0.2, -0.15) is 0 Å². The second kappa shape index (κ2) is 3.24. The Balaban J connectivity index is 2.65. The van der Waals surface area contributed by atoms with Crippen LogP contribution in [0.15, 0.2) is 12.2 Å². The first-order valence-electron chi connectivity index (χ1n) is 5.10. The molecule has 0 N–H and O–H groups in total. The minimum atomic E-state index is 0.547. The Hall–Kier alpha value is -0.260. The molecule has 3 atom stereocenters. The Morgan fingerprint density at radius 3 is 2.42 bits per heavy atom. The van der Waals surface area contributed by atoms with Gasteiger partial charge in [0.05, 0.1) is 0 Å². The van der Waals surface area contributed by atoms with E-state index in [0.717, 1.165) is 11.8 Å². The minimum Gasteiger partial charge on any atom is -0.100 e. The molecule has 0 saturated heterocycles. The molecule has 3 unspecified atom stereocenters. The molecule has 0 aromatic carbocycles. The molecule has 0 heterocycles. The first-order valence-corrected chi connectivity index (χ1v) is 5.10. The van der Waals surface area contributed by atoms with Crippen LogP contribution in [-0.2, 0) is 0 Å². The SMILES string of the molecule is C=C(C)CC1(C)CCC(C)C1C. The van der Waals surface area contributed by atoms with Crippen molar-refractivity contribution in [3.05, 3.63) is 12.2 Å². The van der Waals surface area contributed by atoms with Crippen molar-refractivity contribution in [1.29, 1.82) is 0 Å². The third-order valence-electron chi connectivity index (χ3n) is 3.83. The van der Waals surface area contributed by atoms with E-state index in [1.54, 1.807) is 0 Å². The van der Waals surface area contributed by atoms with Crippen LogP contribution < -0.4 is 0 Å². The predicted octanol–water partition coefficient (Wildman–Crippen LogP) is 4.02. The van der Waals surface area contributed by atoms with Crippen molar-refractivity contribution in [2.75, 3.05) is 0 Å². The number of hydrogen-bond acceptors (Lipinski definition) is 0. The van der Waals surface area contributed by atoms with Crippen molar-refractivity contribution in [2.24, 2.45) is 17.3 Å². The monoisotopic (exact) mass is 166 g/mol. The zero-order valence-corrected chi connectivity index (χ0v) is 8.98. The van der Waals surface area contributed by atoms with E-state index in [4.69, 9.17) is 0 Å². The summed E-state index contributed by atoms with van der Waals surface area (Å²) in [6.45, 7) is 13.4. The normalized spacial score (nSPS) is 41.7. The van der Waals surface area contributed by atoms with Crippen LogP contribution in [0.25, 0.3) is 0 Å². The molecule has 0 aromatic rings. The van der Waals surface area contributed by atoms with Crippen LogP contribution in [0, 0.1) is 17.3 Å². The van der Waals surface area contributed by atoms with E-state index in [9.17, 15) is 0 Å². The van der Waals surface area contributed by atoms with Crippen molar-refractivity contribution in [1.82, 2.24) is 0 Å². The lowest BCUT2D eigenvalue weighted by Gasteiger charge is -2.31. The van der Waals surface area contributed by atoms with Crippen LogP contribution in [-0.4, -0.2) is 0 Å². The molecule has 0 amide bonds. The zero-order valence-electron chi connectivity index (χ0n) is 8.98. The molecule has 0 heteroatoms. The molecule has 70 valence electrons. The lowest BCUT2D eigenvalue weighted by atomic mass is 9.74. The van der Waals surface area contributed by atoms with E-state index in [1.807, 2.05) is 0 Å². The number of allylic oxidation sites excluding steroid dienone is 1. The molecular weight excluding hydrogens is 144 g/mol. The molecule has 0 radical (unpaired) electrons. The van der Waals surface area contributed by atoms with Gasteiger partial charge in [-0.05, 0) is 43.4 Å². The second-order valence-electron chi connectivity index (χ2n) is 5.09. The molecule has 0 nitrogen and oxygen atoms in total. The highest BCUT2D eigenvalue weighted by Crippen LogP contribution is 2.49. The van der Waals surface area contributed by atoms with Crippen molar-refractivity contribution >= 4 is 0 Å². The van der Waals surface area contributed by atoms with Gasteiger partial charge in [-0.3, -0.25) is 0 Å². The van der Waals surface area contributed by atoms with Gasteiger partial charge >= 0.3 is 0 Å². The van der Waals surface area contributed by atoms with E-state index in [0.29, 0.717) is 5.41 Å². The van der Waals surface area contributed by atoms with Crippen LogP contribution in [0.3, 0.4) is 0 Å². The first kappa shape index (κ1) is 9.83. The lowest BCUT2D eigenvalue weighted by molar-refractivity contribution is 0.217. The fourth-order valence-corrected chi connectivity index (χ4v) is 2.66. The van der Waals surface area contributed by atoms with E-state index >= 15 is 0 Å². The Bertz CT molecular complexity index is 180. The summed E-state index contributed by atoms with van der Waals surface area (Å²) in [6, 6.07) is 0. The Labute approximate surface area is 77.1 Å². The van der Waals surface area contributed by atoms with Crippen LogP contribution in [0.4, 0.5) is 0 Å². The van der Waals surface area contributed by atoms with E-state index in [1.165, 1.54) is 24.8 Å². The highest BCUT2D eigenvalue weighted by Gasteiger charge is 2.39. The molecule has 1 aliphatic rings. The van der Waals surface area contributed by atoms with Gasteiger partial charge in [-0.15, -0.1) is 6.58 Å². The summed E-state index contributed by atoms with van der Waals surface area (Å²) in [5.41, 5.74) is 1.89. The summed E-state index contributed by atoms with van der Waals surface area (Å²) in [7, 11) is 0. The molecule has 0 aliphatic heterocycles. The molecule has 0 bridgehead atoms. The number of rotatable bonds is 2. The predicted molar refractivity (Wildman–Crippen MR) is 55.1 cm³/mol. The molecule has 1 aliphatic carbocycles. The van der Waals surface area contributed by atoms with Gasteiger partial charge in [0.1, 0.15) is 0 Å². The van der Waals surface area contributed by atoms with Crippen molar-refractivity contribution in [3.63, 3.8) is 0 Å². The molecule has 12 heavy (non-hydrogen) atoms. The van der Waals surface area contributed by atoms with Gasteiger partial charge in [-0.1, -0.05) is 26.3 Å². The lowest BCUT2D eigenvalue weighted by Crippen LogP contribution is -2.22. The Morgan fingerprint density at radius 2 is 2.08 bits per heavy atom. The molecule has 1 fully saturated rings. The van der Waals surface area contributed by atoms with Crippen LogP contribution in [0.2, 0.25) is 0 Å². The van der Waals surface area contributed by atoms with Crippen LogP contribution >= 0.6 is 0 Å². The zero-order chi connectivity index (χ0) is 9.35. The minimum absolute atomic E-state index is 0.547. The summed E-state index contributed by atoms with van der Waals surface area (Å²) in [4.78, 5) is 0. The third kappa shape index (κ3) is 1.73. The fraction of sp³-hybridized carbons (Fsp3) is 0.833. The summed E-state index contributed by atoms with van der Waals surface area (Å²) in [6.07, 6.45) is 4.02. The van der Waals surface area contributed by atoms with E-state index < -0.39 is 0 Å². The third-order valence-corrected chi connectivity index (χ3v) is 3.83. The first-order chi connectivity index (χ1) is 5.46. The molecule has 0 aromatic heterocycles. The highest BCUT2D eigenvalue weighted by atomic mass is 14.4. The molecule has 1 saturated carbocycles. The van der Waals surface area contributed by atoms with E-state index in [-0.39, 0.29) is 0 Å². The summed E-state index contributed by atoms with van der Waals surface area (Å²) in [5.74, 6) is 1.78. The van der Waals surface area contributed by atoms with Crippen molar-refractivity contribution < 1.29 is 0 Å². The van der Waals surface area contributed by atoms with Gasteiger partial charge < -0.3 is 0 Å². The maximum absolute atomic E-state index is 4.02. The Kier molecular flexibility index (Phi) is 2.65. The van der Waals surface area contributed by atoms with Gasteiger partial charge in [0.2, 0.25) is 0 Å². The van der Waals surface area contributed by atoms with Gasteiger partial charge in [0, 0.05) is 0 Å². The standard InChI is InChI=1S/C12H22/c1-9(2)8-12(5)7-6-10(3)11(12)4/h10-11H,1,6-8H2,2-5H3. The summed E-state index contributed by atoms with van der Waals surface area (Å²) >= 11 is 0. The van der Waals surface area contributed by atoms with Gasteiger partial charge in [0.15, 0.2) is 0 Å². The molecule has 1 rings (SSSR count). The number of hydrogen-bond donors (Lipinski definition) is 0. The highest BCUT2D eigenvalue weighted by molar-refractivity contribution is 5.00. The van der Waals surface area contributed by atoms with Gasteiger partial charge in [0.25, 0.3) is 0 Å². The van der Waals surface area contributed by atoms with Crippen molar-refractivity contribution in [3.8, 4) is 0 Å². The second-order valence-corrected chi connectivity index (χ2v) is 5.09. The Morgan fingerprint density at radius 1 is 1.50 bits per heavy atom. The van der Waals surface area contributed by atoms with Crippen molar-refractivity contribution in [2.45, 2.75) is 47.0 Å². The summed E-state index contributed by atoms with van der Waals surface area (Å²) in [5, 5.41) is 0. The van der Waals surface area contributed by atoms with Crippen LogP contribution in [0.5, 0.6) is 0 Å². The quantitative estimate of drug-likeness (QED) is 0.543. The maximum atomic E-state index is 4.02. The average Bonchev–Trinajstić information content (AvgIpc) is 2.16. The van der Waals surface area contributed by atoms with Gasteiger partial charge in [-0.25, -0.2) is 0 Å². The largest absolute Gasteiger partial charge is 0.100 e. The average molecular weight is 166 g/mol. The smallest absolute Gasteiger partial charge is 0.0261 e. The maximum Gasteiger partial charge on any atom is -0.0261 e. The van der Waals surface area contributed by atoms with E-state index in [2.05, 4.69) is 34.3 Å². The molecule has 0 spiro atoms. The van der Waals surface area contributed by atoms with Crippen LogP contribution in [0.1, 0.15) is 47.0 Å².